The zero-order valence-electron chi connectivity index (χ0n) is 15.6. The molecule has 0 radical (unpaired) electrons. The normalized spacial score (nSPS) is 15.2. The summed E-state index contributed by atoms with van der Waals surface area (Å²) in [7, 11) is -0.686. The smallest absolute Gasteiger partial charge is 0.240 e. The van der Waals surface area contributed by atoms with Gasteiger partial charge >= 0.3 is 0 Å². The van der Waals surface area contributed by atoms with Gasteiger partial charge < -0.3 is 14.8 Å². The molecule has 3 rings (SSSR count). The number of carbonyl (C=O) groups is 1. The van der Waals surface area contributed by atoms with Crippen molar-refractivity contribution in [3.05, 3.63) is 47.5 Å². The van der Waals surface area contributed by atoms with Crippen molar-refractivity contribution < 1.29 is 22.7 Å². The molecule has 27 heavy (non-hydrogen) atoms. The van der Waals surface area contributed by atoms with Gasteiger partial charge in [-0.05, 0) is 55.3 Å². The van der Waals surface area contributed by atoms with E-state index in [4.69, 9.17) is 9.47 Å². The Hall–Kier alpha value is -2.58. The third kappa shape index (κ3) is 3.50. The van der Waals surface area contributed by atoms with Crippen LogP contribution in [0.4, 0.5) is 5.69 Å². The number of sulfonamides is 1. The van der Waals surface area contributed by atoms with Crippen molar-refractivity contribution in [3.8, 4) is 11.5 Å². The second kappa shape index (κ2) is 6.86. The number of anilines is 1. The SMILES string of the molecule is COc1ccc(CNS(=O)(=O)c2ccc3c(c2)C(C)(C)C(=O)N3)cc1OC. The van der Waals surface area contributed by atoms with Crippen LogP contribution in [0.25, 0.3) is 0 Å². The van der Waals surface area contributed by atoms with Gasteiger partial charge in [0.15, 0.2) is 11.5 Å². The Kier molecular flexibility index (Phi) is 4.88. The highest BCUT2D eigenvalue weighted by Gasteiger charge is 2.39. The summed E-state index contributed by atoms with van der Waals surface area (Å²) in [5, 5.41) is 2.77. The van der Waals surface area contributed by atoms with Crippen molar-refractivity contribution in [1.82, 2.24) is 4.72 Å². The van der Waals surface area contributed by atoms with Crippen LogP contribution in [0.5, 0.6) is 11.5 Å². The monoisotopic (exact) mass is 390 g/mol. The maximum atomic E-state index is 12.7. The van der Waals surface area contributed by atoms with Gasteiger partial charge in [-0.25, -0.2) is 13.1 Å². The summed E-state index contributed by atoms with van der Waals surface area (Å²) >= 11 is 0. The summed E-state index contributed by atoms with van der Waals surface area (Å²) in [6.07, 6.45) is 0. The molecule has 8 heteroatoms. The number of methoxy groups -OCH3 is 2. The molecule has 144 valence electrons. The van der Waals surface area contributed by atoms with Gasteiger partial charge in [-0.2, -0.15) is 0 Å². The summed E-state index contributed by atoms with van der Waals surface area (Å²) in [4.78, 5) is 12.2. The average molecular weight is 390 g/mol. The lowest BCUT2D eigenvalue weighted by Crippen LogP contribution is -2.27. The van der Waals surface area contributed by atoms with Gasteiger partial charge in [0.2, 0.25) is 15.9 Å². The van der Waals surface area contributed by atoms with E-state index in [2.05, 4.69) is 10.0 Å². The van der Waals surface area contributed by atoms with E-state index in [1.54, 1.807) is 44.2 Å². The molecule has 0 aromatic heterocycles. The van der Waals surface area contributed by atoms with Crippen LogP contribution in [0.15, 0.2) is 41.3 Å². The van der Waals surface area contributed by atoms with Gasteiger partial charge in [-0.15, -0.1) is 0 Å². The zero-order chi connectivity index (χ0) is 19.8. The van der Waals surface area contributed by atoms with Gasteiger partial charge in [0.25, 0.3) is 0 Å². The van der Waals surface area contributed by atoms with Crippen LogP contribution in [0.1, 0.15) is 25.0 Å². The molecular weight excluding hydrogens is 368 g/mol. The molecule has 0 fully saturated rings. The topological polar surface area (TPSA) is 93.7 Å². The highest BCUT2D eigenvalue weighted by molar-refractivity contribution is 7.89. The van der Waals surface area contributed by atoms with E-state index < -0.39 is 15.4 Å². The van der Waals surface area contributed by atoms with Crippen molar-refractivity contribution in [2.75, 3.05) is 19.5 Å². The quantitative estimate of drug-likeness (QED) is 0.790. The molecule has 2 N–H and O–H groups in total. The van der Waals surface area contributed by atoms with Gasteiger partial charge in [-0.1, -0.05) is 6.07 Å². The Morgan fingerprint density at radius 1 is 1.04 bits per heavy atom. The molecule has 0 spiro atoms. The number of hydrogen-bond donors (Lipinski definition) is 2. The lowest BCUT2D eigenvalue weighted by molar-refractivity contribution is -0.119. The molecule has 1 amide bonds. The van der Waals surface area contributed by atoms with Gasteiger partial charge in [-0.3, -0.25) is 4.79 Å². The predicted molar refractivity (Wildman–Crippen MR) is 102 cm³/mol. The molecule has 0 bridgehead atoms. The molecule has 1 aliphatic heterocycles. The van der Waals surface area contributed by atoms with Gasteiger partial charge in [0, 0.05) is 12.2 Å². The Balaban J connectivity index is 1.83. The molecule has 0 unspecified atom stereocenters. The average Bonchev–Trinajstić information content (AvgIpc) is 2.88. The zero-order valence-corrected chi connectivity index (χ0v) is 16.4. The minimum Gasteiger partial charge on any atom is -0.493 e. The van der Waals surface area contributed by atoms with Crippen LogP contribution in [0.3, 0.4) is 0 Å². The molecule has 0 saturated heterocycles. The highest BCUT2D eigenvalue weighted by Crippen LogP contribution is 2.38. The summed E-state index contributed by atoms with van der Waals surface area (Å²) < 4.78 is 38.4. The second-order valence-electron chi connectivity index (χ2n) is 6.80. The van der Waals surface area contributed by atoms with Crippen LogP contribution in [-0.2, 0) is 26.8 Å². The molecule has 2 aromatic rings. The molecule has 7 nitrogen and oxygen atoms in total. The Morgan fingerprint density at radius 3 is 2.41 bits per heavy atom. The largest absolute Gasteiger partial charge is 0.493 e. The van der Waals surface area contributed by atoms with E-state index in [1.165, 1.54) is 20.3 Å². The summed E-state index contributed by atoms with van der Waals surface area (Å²) in [5.41, 5.74) is 1.27. The maximum Gasteiger partial charge on any atom is 0.240 e. The van der Waals surface area contributed by atoms with Gasteiger partial charge in [0.05, 0.1) is 24.5 Å². The van der Waals surface area contributed by atoms with Crippen LogP contribution < -0.4 is 19.5 Å². The summed E-state index contributed by atoms with van der Waals surface area (Å²) in [6, 6.07) is 9.85. The standard InChI is InChI=1S/C19H22N2O5S/c1-19(2)14-10-13(6-7-15(14)21-18(19)22)27(23,24)20-11-12-5-8-16(25-3)17(9-12)26-4/h5-10,20H,11H2,1-4H3,(H,21,22). The van der Waals surface area contributed by atoms with E-state index in [-0.39, 0.29) is 17.3 Å². The van der Waals surface area contributed by atoms with Gasteiger partial charge in [0.1, 0.15) is 0 Å². The fraction of sp³-hybridized carbons (Fsp3) is 0.316. The lowest BCUT2D eigenvalue weighted by atomic mass is 9.86. The van der Waals surface area contributed by atoms with Crippen molar-refractivity contribution in [1.29, 1.82) is 0 Å². The number of ether oxygens (including phenoxy) is 2. The third-order valence-corrected chi connectivity index (χ3v) is 6.10. The van der Waals surface area contributed by atoms with Crippen molar-refractivity contribution in [3.63, 3.8) is 0 Å². The summed E-state index contributed by atoms with van der Waals surface area (Å²) in [5.74, 6) is 0.950. The number of hydrogen-bond acceptors (Lipinski definition) is 5. The number of fused-ring (bicyclic) bond motifs is 1. The van der Waals surface area contributed by atoms with E-state index in [0.717, 1.165) is 5.56 Å². The molecular formula is C19H22N2O5S. The Bertz CT molecular complexity index is 999. The number of rotatable bonds is 6. The first kappa shape index (κ1) is 19.2. The van der Waals surface area contributed by atoms with Crippen molar-refractivity contribution in [2.24, 2.45) is 0 Å². The number of carbonyl (C=O) groups excluding carboxylic acids is 1. The minimum absolute atomic E-state index is 0.0976. The highest BCUT2D eigenvalue weighted by atomic mass is 32.2. The van der Waals surface area contributed by atoms with Crippen molar-refractivity contribution >= 4 is 21.6 Å². The molecule has 0 saturated carbocycles. The van der Waals surface area contributed by atoms with Crippen molar-refractivity contribution in [2.45, 2.75) is 30.7 Å². The van der Waals surface area contributed by atoms with E-state index in [1.807, 2.05) is 0 Å². The number of nitrogens with one attached hydrogen (secondary N) is 2. The van der Waals surface area contributed by atoms with Crippen LogP contribution in [0.2, 0.25) is 0 Å². The summed E-state index contributed by atoms with van der Waals surface area (Å²) in [6.45, 7) is 3.63. The minimum atomic E-state index is -3.74. The third-order valence-electron chi connectivity index (χ3n) is 4.70. The molecule has 2 aromatic carbocycles. The Morgan fingerprint density at radius 2 is 1.74 bits per heavy atom. The fourth-order valence-electron chi connectivity index (χ4n) is 2.97. The predicted octanol–water partition coefficient (Wildman–Crippen LogP) is 2.41. The number of benzene rings is 2. The maximum absolute atomic E-state index is 12.7. The Labute approximate surface area is 158 Å². The first-order valence-electron chi connectivity index (χ1n) is 8.35. The van der Waals surface area contributed by atoms with Crippen LogP contribution in [0, 0.1) is 0 Å². The molecule has 0 atom stereocenters. The first-order valence-corrected chi connectivity index (χ1v) is 9.84. The number of amides is 1. The van der Waals surface area contributed by atoms with E-state index in [9.17, 15) is 13.2 Å². The lowest BCUT2D eigenvalue weighted by Gasteiger charge is -2.16. The molecule has 1 heterocycles. The van der Waals surface area contributed by atoms with E-state index >= 15 is 0 Å². The van der Waals surface area contributed by atoms with Crippen LogP contribution in [-0.4, -0.2) is 28.5 Å². The molecule has 1 aliphatic rings. The first-order chi connectivity index (χ1) is 12.7. The van der Waals surface area contributed by atoms with E-state index in [0.29, 0.717) is 22.7 Å². The fourth-order valence-corrected chi connectivity index (χ4v) is 4.01. The van der Waals surface area contributed by atoms with Crippen LogP contribution >= 0.6 is 0 Å². The molecule has 0 aliphatic carbocycles. The second-order valence-corrected chi connectivity index (χ2v) is 8.57.